The molecule has 5 heteroatoms. The number of halogens is 1. The molecular weight excluding hydrogens is 201 g/mol. The maximum atomic E-state index is 13.2. The number of aromatic hydroxyl groups is 1. The molecule has 0 saturated heterocycles. The van der Waals surface area contributed by atoms with Crippen LogP contribution in [0.5, 0.6) is 5.75 Å². The van der Waals surface area contributed by atoms with Crippen LogP contribution in [0.1, 0.15) is 10.5 Å². The van der Waals surface area contributed by atoms with Crippen LogP contribution in [0.25, 0.3) is 10.9 Å². The number of hydrogen-bond donors (Lipinski definition) is 2. The van der Waals surface area contributed by atoms with E-state index in [-0.39, 0.29) is 22.3 Å². The molecule has 2 N–H and O–H groups in total. The molecular formula is C10H6FNO3. The van der Waals surface area contributed by atoms with Crippen molar-refractivity contribution in [3.63, 3.8) is 0 Å². The second kappa shape index (κ2) is 3.20. The zero-order valence-corrected chi connectivity index (χ0v) is 7.44. The molecule has 1 aromatic heterocycles. The molecule has 15 heavy (non-hydrogen) atoms. The van der Waals surface area contributed by atoms with Gasteiger partial charge in [0.25, 0.3) is 0 Å². The summed E-state index contributed by atoms with van der Waals surface area (Å²) in [6.07, 6.45) is 0. The van der Waals surface area contributed by atoms with Gasteiger partial charge in [-0.2, -0.15) is 0 Å². The van der Waals surface area contributed by atoms with Gasteiger partial charge < -0.3 is 10.2 Å². The van der Waals surface area contributed by atoms with E-state index in [4.69, 9.17) is 5.11 Å². The average molecular weight is 207 g/mol. The van der Waals surface area contributed by atoms with Gasteiger partial charge in [0.2, 0.25) is 0 Å². The minimum atomic E-state index is -1.22. The van der Waals surface area contributed by atoms with Gasteiger partial charge in [-0.3, -0.25) is 0 Å². The maximum Gasteiger partial charge on any atom is 0.354 e. The lowest BCUT2D eigenvalue weighted by molar-refractivity contribution is 0.0691. The van der Waals surface area contributed by atoms with E-state index in [1.165, 1.54) is 12.1 Å². The van der Waals surface area contributed by atoms with E-state index in [0.717, 1.165) is 12.1 Å². The number of aromatic carboxylic acids is 1. The molecule has 0 aliphatic rings. The van der Waals surface area contributed by atoms with E-state index in [1.807, 2.05) is 0 Å². The van der Waals surface area contributed by atoms with Crippen molar-refractivity contribution in [1.29, 1.82) is 0 Å². The minimum absolute atomic E-state index is 0.0464. The summed E-state index contributed by atoms with van der Waals surface area (Å²) in [7, 11) is 0. The standard InChI is InChI=1S/C10H6FNO3/c11-6-2-4-8(13)9-5(6)1-3-7(12-9)10(14)15/h1-4,13H,(H,14,15). The molecule has 1 heterocycles. The van der Waals surface area contributed by atoms with Gasteiger partial charge in [0, 0.05) is 5.39 Å². The Morgan fingerprint density at radius 1 is 1.27 bits per heavy atom. The lowest BCUT2D eigenvalue weighted by Crippen LogP contribution is -2.00. The molecule has 0 aliphatic carbocycles. The number of phenols is 1. The molecule has 0 amide bonds. The first-order chi connectivity index (χ1) is 7.09. The van der Waals surface area contributed by atoms with E-state index < -0.39 is 11.8 Å². The Labute approximate surface area is 83.6 Å². The van der Waals surface area contributed by atoms with E-state index in [9.17, 15) is 14.3 Å². The number of hydrogen-bond acceptors (Lipinski definition) is 3. The summed E-state index contributed by atoms with van der Waals surface area (Å²) >= 11 is 0. The molecule has 0 bridgehead atoms. The third-order valence-corrected chi connectivity index (χ3v) is 2.00. The van der Waals surface area contributed by atoms with Crippen LogP contribution < -0.4 is 0 Å². The first kappa shape index (κ1) is 9.39. The average Bonchev–Trinajstić information content (AvgIpc) is 2.23. The molecule has 0 radical (unpaired) electrons. The number of carboxylic acids is 1. The molecule has 2 aromatic rings. The first-order valence-electron chi connectivity index (χ1n) is 4.11. The molecule has 0 unspecified atom stereocenters. The number of pyridine rings is 1. The van der Waals surface area contributed by atoms with Crippen molar-refractivity contribution in [2.24, 2.45) is 0 Å². The SMILES string of the molecule is O=C(O)c1ccc2c(F)ccc(O)c2n1. The van der Waals surface area contributed by atoms with Crippen LogP contribution in [-0.4, -0.2) is 21.2 Å². The number of phenolic OH excluding ortho intramolecular Hbond substituents is 1. The first-order valence-corrected chi connectivity index (χ1v) is 4.11. The Bertz CT molecular complexity index is 554. The van der Waals surface area contributed by atoms with E-state index in [1.54, 1.807) is 0 Å². The zero-order chi connectivity index (χ0) is 11.0. The summed E-state index contributed by atoms with van der Waals surface area (Å²) in [5.41, 5.74) is -0.279. The second-order valence-electron chi connectivity index (χ2n) is 2.96. The van der Waals surface area contributed by atoms with Gasteiger partial charge in [-0.1, -0.05) is 0 Å². The van der Waals surface area contributed by atoms with Gasteiger partial charge in [0.05, 0.1) is 0 Å². The quantitative estimate of drug-likeness (QED) is 0.747. The number of carbonyl (C=O) groups is 1. The van der Waals surface area contributed by atoms with Gasteiger partial charge in [-0.25, -0.2) is 14.2 Å². The predicted octanol–water partition coefficient (Wildman–Crippen LogP) is 1.78. The highest BCUT2D eigenvalue weighted by Crippen LogP contribution is 2.25. The van der Waals surface area contributed by atoms with Crippen molar-refractivity contribution in [2.45, 2.75) is 0 Å². The summed E-state index contributed by atoms with van der Waals surface area (Å²) in [5, 5.41) is 18.1. The highest BCUT2D eigenvalue weighted by atomic mass is 19.1. The van der Waals surface area contributed by atoms with Gasteiger partial charge in [-0.15, -0.1) is 0 Å². The van der Waals surface area contributed by atoms with Gasteiger partial charge >= 0.3 is 5.97 Å². The predicted molar refractivity (Wildman–Crippen MR) is 50.3 cm³/mol. The van der Waals surface area contributed by atoms with E-state index >= 15 is 0 Å². The number of fused-ring (bicyclic) bond motifs is 1. The van der Waals surface area contributed by atoms with Gasteiger partial charge in [0.1, 0.15) is 22.8 Å². The lowest BCUT2D eigenvalue weighted by atomic mass is 10.2. The Balaban J connectivity index is 2.81. The molecule has 0 fully saturated rings. The zero-order valence-electron chi connectivity index (χ0n) is 7.44. The molecule has 76 valence electrons. The van der Waals surface area contributed by atoms with Crippen molar-refractivity contribution in [3.8, 4) is 5.75 Å². The molecule has 4 nitrogen and oxygen atoms in total. The fraction of sp³-hybridized carbons (Fsp3) is 0. The molecule has 1 aromatic carbocycles. The Morgan fingerprint density at radius 3 is 2.67 bits per heavy atom. The third kappa shape index (κ3) is 1.48. The van der Waals surface area contributed by atoms with Crippen molar-refractivity contribution in [3.05, 3.63) is 35.8 Å². The number of aromatic nitrogens is 1. The number of carboxylic acid groups (broad SMARTS) is 1. The fourth-order valence-corrected chi connectivity index (χ4v) is 1.29. The van der Waals surface area contributed by atoms with Crippen LogP contribution >= 0.6 is 0 Å². The van der Waals surface area contributed by atoms with Crippen molar-refractivity contribution in [1.82, 2.24) is 4.98 Å². The van der Waals surface area contributed by atoms with Gasteiger partial charge in [0.15, 0.2) is 0 Å². The van der Waals surface area contributed by atoms with Crippen molar-refractivity contribution >= 4 is 16.9 Å². The summed E-state index contributed by atoms with van der Waals surface area (Å²) in [4.78, 5) is 14.2. The maximum absolute atomic E-state index is 13.2. The minimum Gasteiger partial charge on any atom is -0.506 e. The molecule has 0 atom stereocenters. The Hall–Kier alpha value is -2.17. The van der Waals surface area contributed by atoms with Crippen molar-refractivity contribution < 1.29 is 19.4 Å². The summed E-state index contributed by atoms with van der Waals surface area (Å²) in [6, 6.07) is 4.70. The van der Waals surface area contributed by atoms with Crippen LogP contribution in [-0.2, 0) is 0 Å². The van der Waals surface area contributed by atoms with E-state index in [2.05, 4.69) is 4.98 Å². The summed E-state index contributed by atoms with van der Waals surface area (Å²) in [6.45, 7) is 0. The van der Waals surface area contributed by atoms with E-state index in [0.29, 0.717) is 0 Å². The topological polar surface area (TPSA) is 70.4 Å². The van der Waals surface area contributed by atoms with Gasteiger partial charge in [-0.05, 0) is 24.3 Å². The Morgan fingerprint density at radius 2 is 2.00 bits per heavy atom. The molecule has 0 aliphatic heterocycles. The van der Waals surface area contributed by atoms with Crippen molar-refractivity contribution in [2.75, 3.05) is 0 Å². The number of rotatable bonds is 1. The monoisotopic (exact) mass is 207 g/mol. The highest BCUT2D eigenvalue weighted by molar-refractivity contribution is 5.91. The summed E-state index contributed by atoms with van der Waals surface area (Å²) < 4.78 is 13.2. The number of nitrogens with zero attached hydrogens (tertiary/aromatic N) is 1. The summed E-state index contributed by atoms with van der Waals surface area (Å²) in [5.74, 6) is -2.01. The lowest BCUT2D eigenvalue weighted by Gasteiger charge is -2.02. The molecule has 0 saturated carbocycles. The van der Waals surface area contributed by atoms with Crippen LogP contribution in [0.3, 0.4) is 0 Å². The van der Waals surface area contributed by atoms with Crippen LogP contribution in [0, 0.1) is 5.82 Å². The largest absolute Gasteiger partial charge is 0.506 e. The molecule has 2 rings (SSSR count). The van der Waals surface area contributed by atoms with Crippen LogP contribution in [0.15, 0.2) is 24.3 Å². The van der Waals surface area contributed by atoms with Crippen LogP contribution in [0.2, 0.25) is 0 Å². The van der Waals surface area contributed by atoms with Crippen LogP contribution in [0.4, 0.5) is 4.39 Å². The normalized spacial score (nSPS) is 10.5. The number of benzene rings is 1. The smallest absolute Gasteiger partial charge is 0.354 e. The second-order valence-corrected chi connectivity index (χ2v) is 2.96. The Kier molecular flexibility index (Phi) is 2.00. The third-order valence-electron chi connectivity index (χ3n) is 2.00. The fourth-order valence-electron chi connectivity index (χ4n) is 1.29. The highest BCUT2D eigenvalue weighted by Gasteiger charge is 2.10. The molecule has 0 spiro atoms.